The van der Waals surface area contributed by atoms with Crippen molar-refractivity contribution in [2.45, 2.75) is 25.8 Å². The smallest absolute Gasteiger partial charge is 0.247 e. The lowest BCUT2D eigenvalue weighted by Gasteiger charge is -2.33. The Bertz CT molecular complexity index is 484. The molecule has 1 aliphatic heterocycles. The van der Waals surface area contributed by atoms with Gasteiger partial charge in [0.15, 0.2) is 0 Å². The minimum atomic E-state index is -0.342. The fraction of sp³-hybridized carbons (Fsp3) is 0.643. The van der Waals surface area contributed by atoms with Gasteiger partial charge in [-0.15, -0.1) is 24.8 Å². The molecule has 0 spiro atoms. The molecule has 2 unspecified atom stereocenters. The van der Waals surface area contributed by atoms with Crippen molar-refractivity contribution in [1.29, 1.82) is 0 Å². The number of halogens is 2. The first kappa shape index (κ1) is 21.7. The first-order chi connectivity index (χ1) is 10.1. The fourth-order valence-corrected chi connectivity index (χ4v) is 2.62. The molecule has 1 saturated heterocycles. The van der Waals surface area contributed by atoms with Gasteiger partial charge in [-0.2, -0.15) is 5.10 Å². The van der Waals surface area contributed by atoms with E-state index in [1.54, 1.807) is 28.0 Å². The molecule has 1 fully saturated rings. The zero-order chi connectivity index (χ0) is 15.2. The van der Waals surface area contributed by atoms with Gasteiger partial charge in [0.25, 0.3) is 0 Å². The van der Waals surface area contributed by atoms with E-state index in [0.29, 0.717) is 26.2 Å². The van der Waals surface area contributed by atoms with E-state index in [1.807, 2.05) is 6.92 Å². The van der Waals surface area contributed by atoms with Crippen LogP contribution in [0.3, 0.4) is 0 Å². The Morgan fingerprint density at radius 2 is 2.17 bits per heavy atom. The predicted octanol–water partition coefficient (Wildman–Crippen LogP) is 0.601. The first-order valence-electron chi connectivity index (χ1n) is 7.39. The molecule has 2 heterocycles. The topological polar surface area (TPSA) is 93.3 Å². The Morgan fingerprint density at radius 3 is 2.78 bits per heavy atom. The summed E-state index contributed by atoms with van der Waals surface area (Å²) in [6.45, 7) is 3.91. The molecule has 1 aromatic rings. The molecule has 0 aliphatic carbocycles. The van der Waals surface area contributed by atoms with Crippen LogP contribution >= 0.6 is 24.8 Å². The monoisotopic (exact) mass is 365 g/mol. The van der Waals surface area contributed by atoms with Crippen molar-refractivity contribution in [1.82, 2.24) is 20.0 Å². The number of nitrogens with zero attached hydrogens (tertiary/aromatic N) is 3. The number of hydrogen-bond acceptors (Lipinski definition) is 4. The van der Waals surface area contributed by atoms with Crippen LogP contribution in [0.4, 0.5) is 0 Å². The van der Waals surface area contributed by atoms with Crippen LogP contribution in [0.1, 0.15) is 25.8 Å². The number of amides is 2. The Balaban J connectivity index is 0.00000242. The minimum absolute atomic E-state index is 0. The Hall–Kier alpha value is -1.31. The van der Waals surface area contributed by atoms with Gasteiger partial charge in [-0.25, -0.2) is 0 Å². The Labute approximate surface area is 148 Å². The van der Waals surface area contributed by atoms with Crippen molar-refractivity contribution in [3.05, 3.63) is 18.5 Å². The molecule has 1 aromatic heterocycles. The predicted molar refractivity (Wildman–Crippen MR) is 92.8 cm³/mol. The van der Waals surface area contributed by atoms with E-state index in [4.69, 9.17) is 5.73 Å². The zero-order valence-electron chi connectivity index (χ0n) is 13.2. The number of nitrogens with one attached hydrogen (secondary N) is 1. The fourth-order valence-electron chi connectivity index (χ4n) is 2.62. The van der Waals surface area contributed by atoms with E-state index in [9.17, 15) is 9.59 Å². The number of likely N-dealkylation sites (tertiary alicyclic amines) is 1. The number of aromatic nitrogens is 2. The summed E-state index contributed by atoms with van der Waals surface area (Å²) in [5.41, 5.74) is 5.39. The molecule has 3 N–H and O–H groups in total. The maximum Gasteiger partial charge on any atom is 0.247 e. The van der Waals surface area contributed by atoms with Crippen molar-refractivity contribution in [3.63, 3.8) is 0 Å². The second kappa shape index (κ2) is 10.5. The van der Waals surface area contributed by atoms with Crippen LogP contribution in [0.2, 0.25) is 0 Å². The van der Waals surface area contributed by atoms with Gasteiger partial charge in [0.2, 0.25) is 11.8 Å². The second-order valence-corrected chi connectivity index (χ2v) is 5.37. The molecule has 0 bridgehead atoms. The van der Waals surface area contributed by atoms with Crippen molar-refractivity contribution in [2.75, 3.05) is 26.2 Å². The highest BCUT2D eigenvalue weighted by molar-refractivity contribution is 5.85. The van der Waals surface area contributed by atoms with Gasteiger partial charge < -0.3 is 16.0 Å². The average Bonchev–Trinajstić information content (AvgIpc) is 3.05. The Morgan fingerprint density at radius 1 is 1.43 bits per heavy atom. The van der Waals surface area contributed by atoms with Gasteiger partial charge in [0.1, 0.15) is 6.04 Å². The summed E-state index contributed by atoms with van der Waals surface area (Å²) in [6, 6.07) is 1.45. The van der Waals surface area contributed by atoms with Gasteiger partial charge in [0, 0.05) is 38.6 Å². The van der Waals surface area contributed by atoms with E-state index in [-0.39, 0.29) is 48.6 Å². The third-order valence-corrected chi connectivity index (χ3v) is 3.83. The molecule has 132 valence electrons. The van der Waals surface area contributed by atoms with Crippen LogP contribution in [0, 0.1) is 5.92 Å². The second-order valence-electron chi connectivity index (χ2n) is 5.37. The molecule has 9 heteroatoms. The number of rotatable bonds is 5. The van der Waals surface area contributed by atoms with E-state index in [1.165, 1.54) is 0 Å². The minimum Gasteiger partial charge on any atom is -0.355 e. The molecular formula is C14H25Cl2N5O2. The molecule has 2 atom stereocenters. The van der Waals surface area contributed by atoms with Crippen LogP contribution in [0.15, 0.2) is 18.5 Å². The summed E-state index contributed by atoms with van der Waals surface area (Å²) in [5.74, 6) is -0.140. The summed E-state index contributed by atoms with van der Waals surface area (Å²) >= 11 is 0. The van der Waals surface area contributed by atoms with Crippen molar-refractivity contribution < 1.29 is 9.59 Å². The normalized spacial score (nSPS) is 18.3. The number of carbonyl (C=O) groups excluding carboxylic acids is 2. The molecule has 0 aromatic carbocycles. The number of nitrogens with two attached hydrogens (primary N) is 1. The summed E-state index contributed by atoms with van der Waals surface area (Å²) in [6.07, 6.45) is 5.09. The Kier molecular flexibility index (Phi) is 9.87. The van der Waals surface area contributed by atoms with E-state index in [2.05, 4.69) is 10.4 Å². The van der Waals surface area contributed by atoms with Crippen LogP contribution in [-0.4, -0.2) is 52.7 Å². The zero-order valence-corrected chi connectivity index (χ0v) is 14.8. The third kappa shape index (κ3) is 5.67. The van der Waals surface area contributed by atoms with Crippen LogP contribution in [0.5, 0.6) is 0 Å². The molecule has 23 heavy (non-hydrogen) atoms. The number of carbonyl (C=O) groups is 2. The van der Waals surface area contributed by atoms with Crippen molar-refractivity contribution >= 4 is 36.6 Å². The van der Waals surface area contributed by atoms with Crippen LogP contribution < -0.4 is 11.1 Å². The van der Waals surface area contributed by atoms with Gasteiger partial charge in [-0.1, -0.05) is 0 Å². The van der Waals surface area contributed by atoms with Crippen molar-refractivity contribution in [2.24, 2.45) is 11.7 Å². The van der Waals surface area contributed by atoms with Gasteiger partial charge in [-0.05, 0) is 25.8 Å². The molecule has 2 rings (SSSR count). The summed E-state index contributed by atoms with van der Waals surface area (Å²) < 4.78 is 1.64. The molecule has 0 radical (unpaired) electrons. The molecule has 2 amide bonds. The van der Waals surface area contributed by atoms with Gasteiger partial charge in [-0.3, -0.25) is 14.3 Å². The highest BCUT2D eigenvalue weighted by atomic mass is 35.5. The lowest BCUT2D eigenvalue weighted by molar-refractivity contribution is -0.138. The average molecular weight is 366 g/mol. The first-order valence-corrected chi connectivity index (χ1v) is 7.39. The number of hydrogen-bond donors (Lipinski definition) is 2. The lowest BCUT2D eigenvalue weighted by Crippen LogP contribution is -2.47. The summed E-state index contributed by atoms with van der Waals surface area (Å²) in [7, 11) is 0. The third-order valence-electron chi connectivity index (χ3n) is 3.83. The molecular weight excluding hydrogens is 341 g/mol. The SMILES string of the molecule is CC(C(=O)N1CCCC(C(=O)NCCN)C1)n1cccn1.Cl.Cl. The lowest BCUT2D eigenvalue weighted by atomic mass is 9.96. The molecule has 7 nitrogen and oxygen atoms in total. The maximum atomic E-state index is 12.5. The molecule has 1 aliphatic rings. The van der Waals surface area contributed by atoms with Crippen LogP contribution in [0.25, 0.3) is 0 Å². The highest BCUT2D eigenvalue weighted by Gasteiger charge is 2.30. The highest BCUT2D eigenvalue weighted by Crippen LogP contribution is 2.19. The van der Waals surface area contributed by atoms with Crippen molar-refractivity contribution in [3.8, 4) is 0 Å². The van der Waals surface area contributed by atoms with E-state index >= 15 is 0 Å². The van der Waals surface area contributed by atoms with Gasteiger partial charge in [0.05, 0.1) is 5.92 Å². The largest absolute Gasteiger partial charge is 0.355 e. The van der Waals surface area contributed by atoms with E-state index < -0.39 is 0 Å². The standard InChI is InChI=1S/C14H23N5O2.2ClH/c1-11(19-9-3-6-17-19)14(21)18-8-2-4-12(10-18)13(20)16-7-5-15;;/h3,6,9,11-12H,2,4-5,7-8,10,15H2,1H3,(H,16,20);2*1H. The van der Waals surface area contributed by atoms with Crippen LogP contribution in [-0.2, 0) is 9.59 Å². The summed E-state index contributed by atoms with van der Waals surface area (Å²) in [4.78, 5) is 26.3. The summed E-state index contributed by atoms with van der Waals surface area (Å²) in [5, 5.41) is 6.90. The quantitative estimate of drug-likeness (QED) is 0.798. The van der Waals surface area contributed by atoms with Gasteiger partial charge >= 0.3 is 0 Å². The number of piperidine rings is 1. The maximum absolute atomic E-state index is 12.5. The molecule has 0 saturated carbocycles. The van der Waals surface area contributed by atoms with E-state index in [0.717, 1.165) is 12.8 Å².